The van der Waals surface area contributed by atoms with E-state index in [1.165, 1.54) is 0 Å². The number of halogens is 1. The van der Waals surface area contributed by atoms with Crippen molar-refractivity contribution >= 4 is 21.9 Å². The molecule has 1 aliphatic rings. The topological polar surface area (TPSA) is 35.5 Å². The molecule has 0 amide bonds. The van der Waals surface area contributed by atoms with Crippen molar-refractivity contribution in [2.45, 2.75) is 32.6 Å². The van der Waals surface area contributed by atoms with Crippen LogP contribution in [0.1, 0.15) is 32.6 Å². The van der Waals surface area contributed by atoms with Gasteiger partial charge in [-0.25, -0.2) is 0 Å². The SMILES string of the molecule is CC1(COC(=O)CCCCCBr)COC1. The summed E-state index contributed by atoms with van der Waals surface area (Å²) in [6, 6.07) is 0. The first-order valence-corrected chi connectivity index (χ1v) is 6.58. The molecule has 0 aromatic carbocycles. The van der Waals surface area contributed by atoms with Crippen LogP contribution in [0.2, 0.25) is 0 Å². The smallest absolute Gasteiger partial charge is 0.305 e. The molecule has 0 radical (unpaired) electrons. The average Bonchev–Trinajstić information content (AvgIpc) is 2.19. The molecule has 1 aliphatic heterocycles. The van der Waals surface area contributed by atoms with Crippen LogP contribution in [0.15, 0.2) is 0 Å². The molecular weight excluding hydrogens is 260 g/mol. The monoisotopic (exact) mass is 278 g/mol. The summed E-state index contributed by atoms with van der Waals surface area (Å²) in [4.78, 5) is 11.3. The maximum absolute atomic E-state index is 11.3. The second-order valence-electron chi connectivity index (χ2n) is 4.46. The number of unbranched alkanes of at least 4 members (excludes halogenated alkanes) is 2. The maximum Gasteiger partial charge on any atom is 0.305 e. The third kappa shape index (κ3) is 4.98. The fraction of sp³-hybridized carbons (Fsp3) is 0.909. The van der Waals surface area contributed by atoms with Gasteiger partial charge in [0.15, 0.2) is 0 Å². The van der Waals surface area contributed by atoms with Crippen LogP contribution in [-0.4, -0.2) is 31.1 Å². The summed E-state index contributed by atoms with van der Waals surface area (Å²) >= 11 is 3.36. The van der Waals surface area contributed by atoms with Gasteiger partial charge in [0.2, 0.25) is 0 Å². The van der Waals surface area contributed by atoms with E-state index in [2.05, 4.69) is 22.9 Å². The Bertz CT molecular complexity index is 202. The molecule has 0 aromatic heterocycles. The molecule has 0 bridgehead atoms. The summed E-state index contributed by atoms with van der Waals surface area (Å²) in [5, 5.41) is 1.01. The minimum atomic E-state index is -0.0716. The van der Waals surface area contributed by atoms with Gasteiger partial charge in [0.1, 0.15) is 6.61 Å². The van der Waals surface area contributed by atoms with Crippen molar-refractivity contribution in [2.24, 2.45) is 5.41 Å². The third-order valence-corrected chi connectivity index (χ3v) is 3.06. The van der Waals surface area contributed by atoms with E-state index in [9.17, 15) is 4.79 Å². The van der Waals surface area contributed by atoms with E-state index in [0.717, 1.165) is 24.6 Å². The van der Waals surface area contributed by atoms with E-state index in [1.807, 2.05) is 0 Å². The molecule has 0 unspecified atom stereocenters. The van der Waals surface area contributed by atoms with Crippen LogP contribution in [0.5, 0.6) is 0 Å². The van der Waals surface area contributed by atoms with Crippen molar-refractivity contribution in [2.75, 3.05) is 25.2 Å². The highest BCUT2D eigenvalue weighted by Gasteiger charge is 2.34. The van der Waals surface area contributed by atoms with Crippen molar-refractivity contribution < 1.29 is 14.3 Å². The first kappa shape index (κ1) is 13.0. The Labute approximate surface area is 99.6 Å². The summed E-state index contributed by atoms with van der Waals surface area (Å²) in [7, 11) is 0. The molecule has 88 valence electrons. The molecule has 0 atom stereocenters. The quantitative estimate of drug-likeness (QED) is 0.408. The van der Waals surface area contributed by atoms with Crippen LogP contribution < -0.4 is 0 Å². The van der Waals surface area contributed by atoms with E-state index in [1.54, 1.807) is 0 Å². The molecule has 15 heavy (non-hydrogen) atoms. The largest absolute Gasteiger partial charge is 0.465 e. The fourth-order valence-corrected chi connectivity index (χ4v) is 1.80. The first-order valence-electron chi connectivity index (χ1n) is 5.46. The first-order chi connectivity index (χ1) is 7.16. The van der Waals surface area contributed by atoms with Gasteiger partial charge in [-0.1, -0.05) is 29.3 Å². The Morgan fingerprint density at radius 1 is 1.40 bits per heavy atom. The normalized spacial score (nSPS) is 18.3. The zero-order valence-electron chi connectivity index (χ0n) is 9.26. The Balaban J connectivity index is 1.98. The molecule has 1 fully saturated rings. The van der Waals surface area contributed by atoms with Crippen molar-refractivity contribution in [1.82, 2.24) is 0 Å². The summed E-state index contributed by atoms with van der Waals surface area (Å²) in [6.07, 6.45) is 3.68. The standard InChI is InChI=1S/C11H19BrO3/c1-11(7-14-8-11)9-15-10(13)5-3-2-4-6-12/h2-9H2,1H3. The van der Waals surface area contributed by atoms with Crippen LogP contribution in [-0.2, 0) is 14.3 Å². The van der Waals surface area contributed by atoms with Crippen molar-refractivity contribution in [3.63, 3.8) is 0 Å². The summed E-state index contributed by atoms with van der Waals surface area (Å²) in [5.74, 6) is -0.0716. The predicted molar refractivity (Wildman–Crippen MR) is 62.1 cm³/mol. The molecule has 0 aromatic rings. The molecule has 4 heteroatoms. The molecule has 1 saturated heterocycles. The lowest BCUT2D eigenvalue weighted by atomic mass is 9.90. The number of hydrogen-bond donors (Lipinski definition) is 0. The Kier molecular flexibility index (Phi) is 5.61. The van der Waals surface area contributed by atoms with Crippen molar-refractivity contribution in [1.29, 1.82) is 0 Å². The van der Waals surface area contributed by atoms with E-state index >= 15 is 0 Å². The van der Waals surface area contributed by atoms with Gasteiger partial charge in [-0.05, 0) is 12.8 Å². The van der Waals surface area contributed by atoms with Crippen molar-refractivity contribution in [3.8, 4) is 0 Å². The lowest BCUT2D eigenvalue weighted by Gasteiger charge is -2.37. The summed E-state index contributed by atoms with van der Waals surface area (Å²) in [5.41, 5.74) is 0.0749. The number of hydrogen-bond acceptors (Lipinski definition) is 3. The minimum Gasteiger partial charge on any atom is -0.465 e. The zero-order valence-corrected chi connectivity index (χ0v) is 10.8. The highest BCUT2D eigenvalue weighted by molar-refractivity contribution is 9.09. The van der Waals surface area contributed by atoms with E-state index in [4.69, 9.17) is 9.47 Å². The highest BCUT2D eigenvalue weighted by atomic mass is 79.9. The molecule has 0 saturated carbocycles. The molecule has 0 aliphatic carbocycles. The molecule has 1 heterocycles. The second kappa shape index (κ2) is 6.48. The van der Waals surface area contributed by atoms with Crippen molar-refractivity contribution in [3.05, 3.63) is 0 Å². The van der Waals surface area contributed by atoms with Gasteiger partial charge >= 0.3 is 5.97 Å². The molecule has 0 spiro atoms. The van der Waals surface area contributed by atoms with Crippen LogP contribution in [0.3, 0.4) is 0 Å². The number of rotatable bonds is 7. The van der Waals surface area contributed by atoms with Gasteiger partial charge in [-0.15, -0.1) is 0 Å². The molecular formula is C11H19BrO3. The van der Waals surface area contributed by atoms with E-state index < -0.39 is 0 Å². The highest BCUT2D eigenvalue weighted by Crippen LogP contribution is 2.26. The summed E-state index contributed by atoms with van der Waals surface area (Å²) < 4.78 is 10.3. The maximum atomic E-state index is 11.3. The van der Waals surface area contributed by atoms with Gasteiger partial charge in [-0.3, -0.25) is 4.79 Å². The lowest BCUT2D eigenvalue weighted by Crippen LogP contribution is -2.44. The molecule has 0 N–H and O–H groups in total. The predicted octanol–water partition coefficient (Wildman–Crippen LogP) is 2.52. The third-order valence-electron chi connectivity index (χ3n) is 2.50. The molecule has 3 nitrogen and oxygen atoms in total. The Morgan fingerprint density at radius 2 is 2.13 bits per heavy atom. The van der Waals surface area contributed by atoms with Gasteiger partial charge in [0.25, 0.3) is 0 Å². The van der Waals surface area contributed by atoms with Crippen LogP contribution in [0.4, 0.5) is 0 Å². The number of alkyl halides is 1. The van der Waals surface area contributed by atoms with Crippen LogP contribution >= 0.6 is 15.9 Å². The Hall–Kier alpha value is -0.0900. The molecule has 1 rings (SSSR count). The van der Waals surface area contributed by atoms with Gasteiger partial charge in [0, 0.05) is 17.2 Å². The van der Waals surface area contributed by atoms with Gasteiger partial charge in [0.05, 0.1) is 13.2 Å². The van der Waals surface area contributed by atoms with Gasteiger partial charge in [-0.2, -0.15) is 0 Å². The van der Waals surface area contributed by atoms with Crippen LogP contribution in [0.25, 0.3) is 0 Å². The van der Waals surface area contributed by atoms with E-state index in [-0.39, 0.29) is 11.4 Å². The lowest BCUT2D eigenvalue weighted by molar-refractivity contribution is -0.165. The number of carbonyl (C=O) groups is 1. The minimum absolute atomic E-state index is 0.0716. The number of carbonyl (C=O) groups excluding carboxylic acids is 1. The summed E-state index contributed by atoms with van der Waals surface area (Å²) in [6.45, 7) is 4.01. The Morgan fingerprint density at radius 3 is 2.67 bits per heavy atom. The average molecular weight is 279 g/mol. The number of esters is 1. The van der Waals surface area contributed by atoms with E-state index in [0.29, 0.717) is 26.2 Å². The zero-order chi connectivity index (χ0) is 11.1. The fourth-order valence-electron chi connectivity index (χ4n) is 1.40. The second-order valence-corrected chi connectivity index (χ2v) is 5.26. The van der Waals surface area contributed by atoms with Crippen LogP contribution in [0, 0.1) is 5.41 Å². The number of ether oxygens (including phenoxy) is 2. The van der Waals surface area contributed by atoms with Gasteiger partial charge < -0.3 is 9.47 Å².